The third-order valence-corrected chi connectivity index (χ3v) is 4.77. The Balaban J connectivity index is 2.07. The summed E-state index contributed by atoms with van der Waals surface area (Å²) in [6.07, 6.45) is 3.24. The van der Waals surface area contributed by atoms with Crippen molar-refractivity contribution in [3.8, 4) is 0 Å². The molecule has 2 aromatic rings. The summed E-state index contributed by atoms with van der Waals surface area (Å²) in [6.45, 7) is 0.323. The molecule has 0 spiro atoms. The summed E-state index contributed by atoms with van der Waals surface area (Å²) in [5.41, 5.74) is 1.99. The number of hydrogen-bond acceptors (Lipinski definition) is 5. The molecule has 2 aromatic carbocycles. The van der Waals surface area contributed by atoms with Gasteiger partial charge in [0.15, 0.2) is 0 Å². The second kappa shape index (κ2) is 8.92. The first-order valence-electron chi connectivity index (χ1n) is 8.78. The zero-order valence-electron chi connectivity index (χ0n) is 15.9. The van der Waals surface area contributed by atoms with Crippen molar-refractivity contribution in [2.75, 3.05) is 14.2 Å². The lowest BCUT2D eigenvalue weighted by Crippen LogP contribution is -2.28. The number of rotatable bonds is 5. The Hall–Kier alpha value is -3.12. The van der Waals surface area contributed by atoms with Gasteiger partial charge >= 0.3 is 11.9 Å². The average molecular weight is 416 g/mol. The van der Waals surface area contributed by atoms with E-state index in [1.54, 1.807) is 53.7 Å². The van der Waals surface area contributed by atoms with Gasteiger partial charge < -0.3 is 14.4 Å². The van der Waals surface area contributed by atoms with Crippen molar-refractivity contribution >= 4 is 23.5 Å². The second-order valence-electron chi connectivity index (χ2n) is 6.44. The van der Waals surface area contributed by atoms with Crippen LogP contribution >= 0.6 is 11.6 Å². The lowest BCUT2D eigenvalue weighted by atomic mass is 9.83. The van der Waals surface area contributed by atoms with Crippen molar-refractivity contribution in [1.82, 2.24) is 4.90 Å². The first kappa shape index (κ1) is 20.6. The molecule has 0 atom stereocenters. The van der Waals surface area contributed by atoms with Gasteiger partial charge in [-0.05, 0) is 35.4 Å². The summed E-state index contributed by atoms with van der Waals surface area (Å²) in [5, 5.41) is 0.477. The first-order chi connectivity index (χ1) is 13.9. The SMILES string of the molecule is COC(=O)C1=CN(Cc2ccc(F)cc2)C=C(C(=O)OC)C1c1cccc(Cl)c1. The quantitative estimate of drug-likeness (QED) is 0.685. The van der Waals surface area contributed by atoms with Gasteiger partial charge in [-0.25, -0.2) is 14.0 Å². The van der Waals surface area contributed by atoms with Crippen LogP contribution in [0.3, 0.4) is 0 Å². The van der Waals surface area contributed by atoms with E-state index in [1.165, 1.54) is 26.4 Å². The number of carbonyl (C=O) groups is 2. The van der Waals surface area contributed by atoms with Gasteiger partial charge in [-0.15, -0.1) is 0 Å². The van der Waals surface area contributed by atoms with Crippen molar-refractivity contribution in [1.29, 1.82) is 0 Å². The van der Waals surface area contributed by atoms with Crippen LogP contribution in [0.1, 0.15) is 17.0 Å². The molecule has 0 radical (unpaired) electrons. The Labute approximate surface area is 173 Å². The lowest BCUT2D eigenvalue weighted by molar-refractivity contribution is -0.137. The van der Waals surface area contributed by atoms with Gasteiger partial charge in [0, 0.05) is 24.0 Å². The standard InChI is InChI=1S/C22H19ClFNO4/c1-28-21(26)18-12-25(11-14-6-8-17(24)9-7-14)13-19(22(27)29-2)20(18)15-4-3-5-16(23)10-15/h3-10,12-13,20H,11H2,1-2H3. The Morgan fingerprint density at radius 2 is 1.59 bits per heavy atom. The molecule has 3 rings (SSSR count). The van der Waals surface area contributed by atoms with E-state index in [0.29, 0.717) is 17.1 Å². The average Bonchev–Trinajstić information content (AvgIpc) is 2.73. The van der Waals surface area contributed by atoms with E-state index in [0.717, 1.165) is 5.56 Å². The fraction of sp³-hybridized carbons (Fsp3) is 0.182. The Kier molecular flexibility index (Phi) is 6.34. The molecule has 1 aliphatic rings. The van der Waals surface area contributed by atoms with Gasteiger partial charge in [0.2, 0.25) is 0 Å². The lowest BCUT2D eigenvalue weighted by Gasteiger charge is -2.30. The minimum atomic E-state index is -0.696. The highest BCUT2D eigenvalue weighted by Gasteiger charge is 2.35. The number of ether oxygens (including phenoxy) is 2. The predicted molar refractivity (Wildman–Crippen MR) is 106 cm³/mol. The summed E-state index contributed by atoms with van der Waals surface area (Å²) >= 11 is 6.12. The molecule has 5 nitrogen and oxygen atoms in total. The van der Waals surface area contributed by atoms with Crippen LogP contribution in [-0.4, -0.2) is 31.1 Å². The fourth-order valence-corrected chi connectivity index (χ4v) is 3.42. The molecule has 0 unspecified atom stereocenters. The molecule has 0 aliphatic carbocycles. The zero-order chi connectivity index (χ0) is 21.0. The maximum atomic E-state index is 13.2. The van der Waals surface area contributed by atoms with Crippen LogP contribution in [0.2, 0.25) is 5.02 Å². The molecule has 1 aliphatic heterocycles. The number of esters is 2. The van der Waals surface area contributed by atoms with Crippen LogP contribution in [0.25, 0.3) is 0 Å². The number of halogens is 2. The highest BCUT2D eigenvalue weighted by atomic mass is 35.5. The van der Waals surface area contributed by atoms with Crippen LogP contribution in [0.15, 0.2) is 72.1 Å². The number of methoxy groups -OCH3 is 2. The second-order valence-corrected chi connectivity index (χ2v) is 6.88. The monoisotopic (exact) mass is 415 g/mol. The summed E-state index contributed by atoms with van der Waals surface area (Å²) in [6, 6.07) is 12.9. The van der Waals surface area contributed by atoms with Crippen LogP contribution in [0, 0.1) is 5.82 Å². The van der Waals surface area contributed by atoms with E-state index < -0.39 is 17.9 Å². The third kappa shape index (κ3) is 4.66. The van der Waals surface area contributed by atoms with Crippen molar-refractivity contribution in [2.24, 2.45) is 0 Å². The van der Waals surface area contributed by atoms with Gasteiger partial charge in [0.25, 0.3) is 0 Å². The summed E-state index contributed by atoms with van der Waals surface area (Å²) < 4.78 is 23.1. The normalized spacial score (nSPS) is 14.1. The summed E-state index contributed by atoms with van der Waals surface area (Å²) in [7, 11) is 2.55. The number of nitrogens with zero attached hydrogens (tertiary/aromatic N) is 1. The van der Waals surface area contributed by atoms with Gasteiger partial charge in [-0.2, -0.15) is 0 Å². The molecule has 29 heavy (non-hydrogen) atoms. The zero-order valence-corrected chi connectivity index (χ0v) is 16.7. The fourth-order valence-electron chi connectivity index (χ4n) is 3.23. The molecular formula is C22H19ClFNO4. The Morgan fingerprint density at radius 3 is 2.10 bits per heavy atom. The third-order valence-electron chi connectivity index (χ3n) is 4.53. The topological polar surface area (TPSA) is 55.8 Å². The van der Waals surface area contributed by atoms with E-state index in [4.69, 9.17) is 21.1 Å². The predicted octanol–water partition coefficient (Wildman–Crippen LogP) is 4.19. The molecular weight excluding hydrogens is 397 g/mol. The minimum Gasteiger partial charge on any atom is -0.466 e. The minimum absolute atomic E-state index is 0.264. The van der Waals surface area contributed by atoms with E-state index in [9.17, 15) is 14.0 Å². The van der Waals surface area contributed by atoms with Crippen molar-refractivity contribution in [3.05, 3.63) is 94.0 Å². The molecule has 0 bridgehead atoms. The van der Waals surface area contributed by atoms with Gasteiger partial charge in [0.1, 0.15) is 5.82 Å². The molecule has 1 heterocycles. The largest absolute Gasteiger partial charge is 0.466 e. The maximum absolute atomic E-state index is 13.2. The molecule has 0 fully saturated rings. The van der Waals surface area contributed by atoms with Crippen molar-refractivity contribution in [3.63, 3.8) is 0 Å². The molecule has 0 saturated carbocycles. The molecule has 0 amide bonds. The van der Waals surface area contributed by atoms with Crippen LogP contribution in [0.5, 0.6) is 0 Å². The molecule has 0 saturated heterocycles. The Bertz CT molecular complexity index is 951. The number of hydrogen-bond donors (Lipinski definition) is 0. The van der Waals surface area contributed by atoms with E-state index in [-0.39, 0.29) is 17.0 Å². The van der Waals surface area contributed by atoms with Crippen LogP contribution in [-0.2, 0) is 25.6 Å². The number of carbonyl (C=O) groups excluding carboxylic acids is 2. The van der Waals surface area contributed by atoms with E-state index >= 15 is 0 Å². The van der Waals surface area contributed by atoms with Crippen molar-refractivity contribution in [2.45, 2.75) is 12.5 Å². The highest BCUT2D eigenvalue weighted by Crippen LogP contribution is 2.38. The molecule has 150 valence electrons. The molecule has 7 heteroatoms. The van der Waals surface area contributed by atoms with Crippen molar-refractivity contribution < 1.29 is 23.5 Å². The van der Waals surface area contributed by atoms with Crippen LogP contribution < -0.4 is 0 Å². The smallest absolute Gasteiger partial charge is 0.336 e. The summed E-state index contributed by atoms with van der Waals surface area (Å²) in [5.74, 6) is -2.19. The summed E-state index contributed by atoms with van der Waals surface area (Å²) in [4.78, 5) is 26.8. The highest BCUT2D eigenvalue weighted by molar-refractivity contribution is 6.30. The van der Waals surface area contributed by atoms with Gasteiger partial charge in [-0.3, -0.25) is 0 Å². The van der Waals surface area contributed by atoms with Gasteiger partial charge in [-0.1, -0.05) is 35.9 Å². The van der Waals surface area contributed by atoms with Crippen LogP contribution in [0.4, 0.5) is 4.39 Å². The van der Waals surface area contributed by atoms with Gasteiger partial charge in [0.05, 0.1) is 31.3 Å². The molecule has 0 N–H and O–H groups in total. The van der Waals surface area contributed by atoms with E-state index in [2.05, 4.69) is 0 Å². The maximum Gasteiger partial charge on any atom is 0.336 e. The van der Waals surface area contributed by atoms with E-state index in [1.807, 2.05) is 0 Å². The number of benzene rings is 2. The molecule has 0 aromatic heterocycles. The first-order valence-corrected chi connectivity index (χ1v) is 9.16. The Morgan fingerprint density at radius 1 is 1.00 bits per heavy atom.